The maximum atomic E-state index is 10.6. The van der Waals surface area contributed by atoms with E-state index in [1.807, 2.05) is 5.38 Å². The van der Waals surface area contributed by atoms with Crippen LogP contribution in [0.1, 0.15) is 37.0 Å². The van der Waals surface area contributed by atoms with Gasteiger partial charge < -0.3 is 24.1 Å². The highest BCUT2D eigenvalue weighted by Crippen LogP contribution is 2.56. The van der Waals surface area contributed by atoms with Crippen molar-refractivity contribution >= 4 is 28.6 Å². The van der Waals surface area contributed by atoms with Crippen molar-refractivity contribution in [2.24, 2.45) is 0 Å². The van der Waals surface area contributed by atoms with E-state index < -0.39 is 5.97 Å². The first kappa shape index (κ1) is 18.4. The number of hydrogen-bond acceptors (Lipinski definition) is 7. The minimum absolute atomic E-state index is 0.251. The third-order valence-electron chi connectivity index (χ3n) is 4.52. The van der Waals surface area contributed by atoms with Crippen LogP contribution < -0.4 is 18.9 Å². The number of unbranched alkanes of at least 4 members (excludes halogenated alkanes) is 3. The van der Waals surface area contributed by atoms with Gasteiger partial charge in [0.15, 0.2) is 23.0 Å². The molecule has 0 bridgehead atoms. The van der Waals surface area contributed by atoms with Crippen molar-refractivity contribution in [3.05, 3.63) is 10.3 Å². The average Bonchev–Trinajstić information content (AvgIpc) is 3.26. The van der Waals surface area contributed by atoms with Crippen LogP contribution in [0.4, 0.5) is 0 Å². The molecule has 8 heteroatoms. The molecule has 2 aromatic rings. The van der Waals surface area contributed by atoms with Gasteiger partial charge in [0.1, 0.15) is 26.4 Å². The van der Waals surface area contributed by atoms with Gasteiger partial charge in [-0.25, -0.2) is 0 Å². The van der Waals surface area contributed by atoms with Crippen molar-refractivity contribution in [2.45, 2.75) is 38.5 Å². The molecule has 146 valence electrons. The van der Waals surface area contributed by atoms with Crippen LogP contribution >= 0.6 is 22.7 Å². The van der Waals surface area contributed by atoms with Crippen LogP contribution in [-0.2, 0) is 11.2 Å². The molecule has 1 N–H and O–H groups in total. The van der Waals surface area contributed by atoms with Crippen molar-refractivity contribution in [3.8, 4) is 32.8 Å². The largest absolute Gasteiger partial charge is 0.485 e. The molecule has 0 aliphatic carbocycles. The zero-order valence-corrected chi connectivity index (χ0v) is 16.6. The number of aliphatic carboxylic acids is 1. The highest BCUT2D eigenvalue weighted by Gasteiger charge is 2.29. The smallest absolute Gasteiger partial charge is 0.303 e. The Morgan fingerprint density at radius 1 is 0.889 bits per heavy atom. The number of carboxylic acids is 1. The summed E-state index contributed by atoms with van der Waals surface area (Å²) in [4.78, 5) is 13.9. The molecular weight excluding hydrogens is 388 g/mol. The Kier molecular flexibility index (Phi) is 5.73. The Labute approximate surface area is 165 Å². The van der Waals surface area contributed by atoms with Gasteiger partial charge in [0.05, 0.1) is 14.6 Å². The predicted molar refractivity (Wildman–Crippen MR) is 104 cm³/mol. The second kappa shape index (κ2) is 8.39. The van der Waals surface area contributed by atoms with E-state index in [1.165, 1.54) is 4.88 Å². The van der Waals surface area contributed by atoms with E-state index in [9.17, 15) is 4.79 Å². The third kappa shape index (κ3) is 4.01. The molecular formula is C19H22O6S2. The summed E-state index contributed by atoms with van der Waals surface area (Å²) < 4.78 is 23.4. The van der Waals surface area contributed by atoms with Gasteiger partial charge in [0.25, 0.3) is 0 Å². The first-order valence-corrected chi connectivity index (χ1v) is 10.9. The molecule has 0 atom stereocenters. The van der Waals surface area contributed by atoms with Crippen LogP contribution in [0, 0.1) is 0 Å². The van der Waals surface area contributed by atoms with E-state index in [2.05, 4.69) is 0 Å². The summed E-state index contributed by atoms with van der Waals surface area (Å²) >= 11 is 3.32. The molecule has 0 amide bonds. The molecule has 0 unspecified atom stereocenters. The van der Waals surface area contributed by atoms with Crippen molar-refractivity contribution in [1.82, 2.24) is 0 Å². The lowest BCUT2D eigenvalue weighted by Gasteiger charge is -2.18. The van der Waals surface area contributed by atoms with Gasteiger partial charge in [-0.2, -0.15) is 0 Å². The normalized spacial score (nSPS) is 15.0. The number of carbonyl (C=O) groups is 1. The van der Waals surface area contributed by atoms with Crippen LogP contribution in [0.5, 0.6) is 23.0 Å². The van der Waals surface area contributed by atoms with Crippen LogP contribution in [0.25, 0.3) is 9.75 Å². The van der Waals surface area contributed by atoms with E-state index in [0.29, 0.717) is 26.4 Å². The van der Waals surface area contributed by atoms with E-state index in [4.69, 9.17) is 24.1 Å². The van der Waals surface area contributed by atoms with Crippen LogP contribution in [0.15, 0.2) is 5.38 Å². The molecule has 27 heavy (non-hydrogen) atoms. The molecule has 4 rings (SSSR count). The summed E-state index contributed by atoms with van der Waals surface area (Å²) in [6, 6.07) is 0. The van der Waals surface area contributed by atoms with Gasteiger partial charge in [-0.05, 0) is 19.3 Å². The molecule has 6 nitrogen and oxygen atoms in total. The first-order valence-electron chi connectivity index (χ1n) is 9.24. The van der Waals surface area contributed by atoms with Crippen LogP contribution in [0.3, 0.4) is 0 Å². The molecule has 0 aromatic carbocycles. The molecule has 2 aliphatic heterocycles. The van der Waals surface area contributed by atoms with Crippen LogP contribution in [-0.4, -0.2) is 37.5 Å². The molecule has 0 saturated carbocycles. The van der Waals surface area contributed by atoms with Crippen molar-refractivity contribution in [2.75, 3.05) is 26.4 Å². The molecule has 2 aliphatic rings. The predicted octanol–water partition coefficient (Wildman–Crippen LogP) is 4.60. The summed E-state index contributed by atoms with van der Waals surface area (Å²) in [6.07, 6.45) is 4.86. The van der Waals surface area contributed by atoms with Gasteiger partial charge >= 0.3 is 5.97 Å². The fourth-order valence-electron chi connectivity index (χ4n) is 3.26. The Bertz CT molecular complexity index is 809. The summed E-state index contributed by atoms with van der Waals surface area (Å²) in [6.45, 7) is 2.26. The highest BCUT2D eigenvalue weighted by molar-refractivity contribution is 7.22. The quantitative estimate of drug-likeness (QED) is 0.641. The SMILES string of the molecule is O=C(O)CCCCCCc1sc(-c2scc3c2OCCO3)c2c1OCCO2. The Balaban J connectivity index is 1.49. The lowest BCUT2D eigenvalue weighted by atomic mass is 10.1. The van der Waals surface area contributed by atoms with Gasteiger partial charge in [-0.1, -0.05) is 12.8 Å². The molecule has 4 heterocycles. The van der Waals surface area contributed by atoms with E-state index >= 15 is 0 Å². The lowest BCUT2D eigenvalue weighted by Crippen LogP contribution is -2.15. The molecule has 0 spiro atoms. The van der Waals surface area contributed by atoms with Crippen molar-refractivity contribution in [1.29, 1.82) is 0 Å². The van der Waals surface area contributed by atoms with Crippen molar-refractivity contribution < 1.29 is 28.8 Å². The number of thiophene rings is 2. The summed E-state index contributed by atoms with van der Waals surface area (Å²) in [7, 11) is 0. The Hall–Kier alpha value is -1.93. The minimum Gasteiger partial charge on any atom is -0.485 e. The third-order valence-corrected chi connectivity index (χ3v) is 6.83. The zero-order valence-electron chi connectivity index (χ0n) is 15.0. The van der Waals surface area contributed by atoms with E-state index in [-0.39, 0.29) is 6.42 Å². The Morgan fingerprint density at radius 2 is 1.59 bits per heavy atom. The standard InChI is InChI=1S/C19H22O6S2/c20-14(21)6-4-2-1-3-5-13-16-17(25-10-9-24-16)19(27-13)18-15-12(11-26-18)22-7-8-23-15/h11H,1-10H2,(H,20,21). The van der Waals surface area contributed by atoms with Crippen LogP contribution in [0.2, 0.25) is 0 Å². The monoisotopic (exact) mass is 410 g/mol. The van der Waals surface area contributed by atoms with Gasteiger partial charge in [0.2, 0.25) is 0 Å². The topological polar surface area (TPSA) is 74.2 Å². The molecule has 0 saturated heterocycles. The number of carboxylic acid groups (broad SMARTS) is 1. The second-order valence-corrected chi connectivity index (χ2v) is 8.46. The number of fused-ring (bicyclic) bond motifs is 2. The molecule has 2 aromatic heterocycles. The maximum absolute atomic E-state index is 10.6. The number of ether oxygens (including phenoxy) is 4. The minimum atomic E-state index is -0.719. The van der Waals surface area contributed by atoms with Gasteiger partial charge in [-0.15, -0.1) is 22.7 Å². The fourth-order valence-corrected chi connectivity index (χ4v) is 5.56. The first-order chi connectivity index (χ1) is 13.2. The highest BCUT2D eigenvalue weighted by atomic mass is 32.1. The summed E-state index contributed by atoms with van der Waals surface area (Å²) in [5, 5.41) is 10.7. The van der Waals surface area contributed by atoms with Gasteiger partial charge in [0, 0.05) is 11.8 Å². The summed E-state index contributed by atoms with van der Waals surface area (Å²) in [5.41, 5.74) is 0. The van der Waals surface area contributed by atoms with Gasteiger partial charge in [-0.3, -0.25) is 4.79 Å². The lowest BCUT2D eigenvalue weighted by molar-refractivity contribution is -0.137. The summed E-state index contributed by atoms with van der Waals surface area (Å²) in [5.74, 6) is 2.59. The Morgan fingerprint density at radius 3 is 2.41 bits per heavy atom. The second-order valence-electron chi connectivity index (χ2n) is 6.47. The molecule has 0 radical (unpaired) electrons. The van der Waals surface area contributed by atoms with E-state index in [0.717, 1.165) is 64.9 Å². The fraction of sp³-hybridized carbons (Fsp3) is 0.526. The number of rotatable bonds is 8. The van der Waals surface area contributed by atoms with E-state index in [1.54, 1.807) is 22.7 Å². The van der Waals surface area contributed by atoms with Crippen molar-refractivity contribution in [3.63, 3.8) is 0 Å². The molecule has 0 fully saturated rings. The maximum Gasteiger partial charge on any atom is 0.303 e. The number of aryl methyl sites for hydroxylation is 1. The zero-order chi connectivity index (χ0) is 18.6. The number of hydrogen-bond donors (Lipinski definition) is 1. The average molecular weight is 411 g/mol.